The zero-order chi connectivity index (χ0) is 36.6. The molecular weight excluding hydrogens is 746 g/mol. The number of hydrogen-bond acceptors (Lipinski definition) is 7. The number of nitrogens with one attached hydrogen (secondary N) is 1. The van der Waals surface area contributed by atoms with Gasteiger partial charge in [-0.3, -0.25) is 24.6 Å². The predicted molar refractivity (Wildman–Crippen MR) is 200 cm³/mol. The van der Waals surface area contributed by atoms with Crippen LogP contribution in [0.5, 0.6) is 11.5 Å². The van der Waals surface area contributed by atoms with Crippen LogP contribution in [0.2, 0.25) is 5.02 Å². The number of phenols is 1. The summed E-state index contributed by atoms with van der Waals surface area (Å²) in [4.78, 5) is 60.1. The molecular formula is C41H35BrClN3O6. The Morgan fingerprint density at radius 1 is 0.904 bits per heavy atom. The molecule has 11 heteroatoms. The van der Waals surface area contributed by atoms with E-state index < -0.39 is 46.8 Å². The molecule has 0 radical (unpaired) electrons. The average molecular weight is 781 g/mol. The van der Waals surface area contributed by atoms with E-state index in [1.807, 2.05) is 62.4 Å². The molecule has 8 rings (SSSR count). The van der Waals surface area contributed by atoms with Gasteiger partial charge in [0.05, 0.1) is 41.7 Å². The Morgan fingerprint density at radius 2 is 1.63 bits per heavy atom. The van der Waals surface area contributed by atoms with Crippen molar-refractivity contribution >= 4 is 62.5 Å². The van der Waals surface area contributed by atoms with Gasteiger partial charge >= 0.3 is 0 Å². The van der Waals surface area contributed by atoms with Crippen molar-refractivity contribution in [1.82, 2.24) is 5.01 Å². The number of ether oxygens (including phenoxy) is 1. The van der Waals surface area contributed by atoms with E-state index in [0.29, 0.717) is 32.0 Å². The summed E-state index contributed by atoms with van der Waals surface area (Å²) < 4.78 is 6.18. The smallest absolute Gasteiger partial charge is 0.260 e. The van der Waals surface area contributed by atoms with Gasteiger partial charge in [-0.05, 0) is 80.1 Å². The molecule has 3 fully saturated rings. The van der Waals surface area contributed by atoms with Gasteiger partial charge < -0.3 is 9.84 Å². The number of imide groups is 2. The van der Waals surface area contributed by atoms with Gasteiger partial charge in [0, 0.05) is 21.0 Å². The van der Waals surface area contributed by atoms with E-state index in [1.54, 1.807) is 42.5 Å². The number of methoxy groups -OCH3 is 1. The molecule has 0 unspecified atom stereocenters. The molecule has 9 nitrogen and oxygen atoms in total. The second kappa shape index (κ2) is 12.6. The van der Waals surface area contributed by atoms with Crippen LogP contribution in [0.3, 0.4) is 0 Å². The first-order valence-corrected chi connectivity index (χ1v) is 18.3. The Kier molecular flexibility index (Phi) is 8.30. The third-order valence-corrected chi connectivity index (χ3v) is 12.3. The molecule has 0 spiro atoms. The van der Waals surface area contributed by atoms with Gasteiger partial charge in [0.1, 0.15) is 0 Å². The Balaban J connectivity index is 1.34. The lowest BCUT2D eigenvalue weighted by atomic mass is 9.49. The molecule has 4 aromatic carbocycles. The highest BCUT2D eigenvalue weighted by atomic mass is 79.9. The van der Waals surface area contributed by atoms with Crippen LogP contribution >= 0.6 is 27.5 Å². The van der Waals surface area contributed by atoms with Gasteiger partial charge in [0.15, 0.2) is 11.5 Å². The molecule has 52 heavy (non-hydrogen) atoms. The second-order valence-corrected chi connectivity index (χ2v) is 15.4. The van der Waals surface area contributed by atoms with Crippen molar-refractivity contribution in [3.8, 4) is 11.5 Å². The number of carbonyl (C=O) groups excluding carboxylic acids is 4. The molecule has 2 heterocycles. The van der Waals surface area contributed by atoms with Crippen LogP contribution in [0, 0.1) is 37.5 Å². The van der Waals surface area contributed by atoms with E-state index in [4.69, 9.17) is 16.3 Å². The van der Waals surface area contributed by atoms with Gasteiger partial charge in [-0.2, -0.15) is 5.01 Å². The van der Waals surface area contributed by atoms with E-state index in [-0.39, 0.29) is 36.2 Å². The quantitative estimate of drug-likeness (QED) is 0.153. The number of phenolic OH excluding ortho intramolecular Hbond substituents is 1. The summed E-state index contributed by atoms with van der Waals surface area (Å²) in [5.41, 5.74) is 6.02. The van der Waals surface area contributed by atoms with Gasteiger partial charge in [-0.25, -0.2) is 4.90 Å². The molecule has 6 atom stereocenters. The molecule has 0 bridgehead atoms. The predicted octanol–water partition coefficient (Wildman–Crippen LogP) is 7.62. The summed E-state index contributed by atoms with van der Waals surface area (Å²) in [6, 6.07) is 25.1. The van der Waals surface area contributed by atoms with Crippen molar-refractivity contribution in [3.63, 3.8) is 0 Å². The molecule has 4 aromatic rings. The summed E-state index contributed by atoms with van der Waals surface area (Å²) in [5.74, 6) is -5.61. The zero-order valence-electron chi connectivity index (χ0n) is 28.6. The van der Waals surface area contributed by atoms with Gasteiger partial charge in [-0.1, -0.05) is 93.3 Å². The standard InChI is InChI=1S/C41H35BrClN3O6/c1-21-9-12-25(13-10-21)44-46-38(49)31-20-29-27(15-16-28-34(29)39(50)45(37(28)48)26-14-11-22(2)32(43)19-26)35(30-17-24(42)18-33(52-3)36(30)47)41(31,40(46)51)23-7-5-4-6-8-23/h4-15,17-19,28-29,31,34-35,44,47H,16,20H2,1-3H3/t28-,29+,31-,34-,35+,41+/m0/s1. The molecule has 4 amide bonds. The van der Waals surface area contributed by atoms with Crippen LogP contribution in [0.1, 0.15) is 41.0 Å². The molecule has 4 aliphatic rings. The van der Waals surface area contributed by atoms with Crippen LogP contribution in [0.15, 0.2) is 101 Å². The maximum atomic E-state index is 15.3. The minimum Gasteiger partial charge on any atom is -0.504 e. The molecule has 2 saturated heterocycles. The van der Waals surface area contributed by atoms with Crippen molar-refractivity contribution in [3.05, 3.63) is 128 Å². The van der Waals surface area contributed by atoms with Crippen LogP contribution in [0.4, 0.5) is 11.4 Å². The van der Waals surface area contributed by atoms with Crippen molar-refractivity contribution in [2.24, 2.45) is 23.7 Å². The fourth-order valence-electron chi connectivity index (χ4n) is 9.04. The lowest BCUT2D eigenvalue weighted by Crippen LogP contribution is -2.53. The van der Waals surface area contributed by atoms with E-state index >= 15 is 4.79 Å². The highest BCUT2D eigenvalue weighted by molar-refractivity contribution is 9.10. The Hall–Kier alpha value is -4.93. The molecule has 2 aliphatic carbocycles. The lowest BCUT2D eigenvalue weighted by molar-refractivity contribution is -0.138. The molecule has 0 aromatic heterocycles. The minimum atomic E-state index is -1.54. The third kappa shape index (κ3) is 4.94. The first kappa shape index (κ1) is 34.2. The maximum Gasteiger partial charge on any atom is 0.260 e. The summed E-state index contributed by atoms with van der Waals surface area (Å²) >= 11 is 10.0. The second-order valence-electron chi connectivity index (χ2n) is 14.1. The Morgan fingerprint density at radius 3 is 2.33 bits per heavy atom. The number of hydrazine groups is 1. The summed E-state index contributed by atoms with van der Waals surface area (Å²) in [5, 5.41) is 13.4. The first-order chi connectivity index (χ1) is 25.0. The highest BCUT2D eigenvalue weighted by Crippen LogP contribution is 2.65. The van der Waals surface area contributed by atoms with Gasteiger partial charge in [-0.15, -0.1) is 0 Å². The number of benzene rings is 4. The fraction of sp³-hybridized carbons (Fsp3) is 0.268. The number of aryl methyl sites for hydroxylation is 2. The molecule has 2 aliphatic heterocycles. The molecule has 264 valence electrons. The largest absolute Gasteiger partial charge is 0.504 e. The number of aromatic hydroxyl groups is 1. The number of carbonyl (C=O) groups is 4. The zero-order valence-corrected chi connectivity index (χ0v) is 30.9. The summed E-state index contributed by atoms with van der Waals surface area (Å²) in [7, 11) is 1.45. The van der Waals surface area contributed by atoms with Gasteiger partial charge in [0.2, 0.25) is 11.8 Å². The van der Waals surface area contributed by atoms with Crippen LogP contribution in [-0.4, -0.2) is 40.9 Å². The Labute approximate surface area is 314 Å². The highest BCUT2D eigenvalue weighted by Gasteiger charge is 2.70. The average Bonchev–Trinajstić information content (AvgIpc) is 3.52. The molecule has 1 saturated carbocycles. The number of fused-ring (bicyclic) bond motifs is 4. The number of amides is 4. The van der Waals surface area contributed by atoms with Crippen molar-refractivity contribution in [2.75, 3.05) is 17.4 Å². The number of rotatable bonds is 6. The monoisotopic (exact) mass is 779 g/mol. The number of hydrogen-bond donors (Lipinski definition) is 2. The number of allylic oxidation sites excluding steroid dienone is 2. The van der Waals surface area contributed by atoms with Crippen molar-refractivity contribution in [2.45, 2.75) is 38.0 Å². The Bertz CT molecular complexity index is 2210. The van der Waals surface area contributed by atoms with E-state index in [1.165, 1.54) is 12.0 Å². The fourth-order valence-corrected chi connectivity index (χ4v) is 9.67. The number of halogens is 2. The van der Waals surface area contributed by atoms with E-state index in [2.05, 4.69) is 21.4 Å². The van der Waals surface area contributed by atoms with Crippen molar-refractivity contribution < 1.29 is 29.0 Å². The minimum absolute atomic E-state index is 0.127. The van der Waals surface area contributed by atoms with Crippen LogP contribution in [0.25, 0.3) is 0 Å². The number of nitrogens with zero attached hydrogens (tertiary/aromatic N) is 2. The summed E-state index contributed by atoms with van der Waals surface area (Å²) in [6.07, 6.45) is 2.32. The molecule has 2 N–H and O–H groups in total. The SMILES string of the molecule is COc1cc(Br)cc([C@H]2C3=CC[C@@H]4C(=O)N(c5ccc(C)c(Cl)c5)C(=O)[C@@H]4[C@@H]3C[C@H]3C(=O)N(Nc4ccc(C)cc4)C(=O)[C@@]23c2ccccc2)c1O. The van der Waals surface area contributed by atoms with Crippen LogP contribution in [-0.2, 0) is 24.6 Å². The number of anilines is 2. The normalized spacial score (nSPS) is 26.6. The van der Waals surface area contributed by atoms with Crippen molar-refractivity contribution in [1.29, 1.82) is 0 Å². The topological polar surface area (TPSA) is 116 Å². The summed E-state index contributed by atoms with van der Waals surface area (Å²) in [6.45, 7) is 3.80. The third-order valence-electron chi connectivity index (χ3n) is 11.4. The lowest BCUT2D eigenvalue weighted by Gasteiger charge is -2.50. The van der Waals surface area contributed by atoms with E-state index in [9.17, 15) is 19.5 Å². The van der Waals surface area contributed by atoms with Crippen LogP contribution < -0.4 is 15.1 Å². The first-order valence-electron chi connectivity index (χ1n) is 17.1. The maximum absolute atomic E-state index is 15.3. The van der Waals surface area contributed by atoms with Gasteiger partial charge in [0.25, 0.3) is 11.8 Å². The van der Waals surface area contributed by atoms with E-state index in [0.717, 1.165) is 21.7 Å².